The van der Waals surface area contributed by atoms with Crippen molar-refractivity contribution >= 4 is 15.7 Å². The summed E-state index contributed by atoms with van der Waals surface area (Å²) in [5, 5.41) is 0.0484. The number of hydrogen-bond acceptors (Lipinski definition) is 4. The van der Waals surface area contributed by atoms with Gasteiger partial charge in [0.15, 0.2) is 5.03 Å². The molecule has 3 N–H and O–H groups in total. The Labute approximate surface area is 118 Å². The molecule has 0 bridgehead atoms. The van der Waals surface area contributed by atoms with Crippen LogP contribution < -0.4 is 10.5 Å². The molecule has 2 aromatic rings. The molecule has 0 spiro atoms. The summed E-state index contributed by atoms with van der Waals surface area (Å²) in [6.45, 7) is 4.61. The molecule has 6 nitrogen and oxygen atoms in total. The van der Waals surface area contributed by atoms with Crippen LogP contribution in [0.1, 0.15) is 18.3 Å². The quantitative estimate of drug-likeness (QED) is 0.813. The van der Waals surface area contributed by atoms with Crippen LogP contribution in [0.4, 0.5) is 5.69 Å². The minimum atomic E-state index is -3.59. The van der Waals surface area contributed by atoms with Crippen LogP contribution in [0.5, 0.6) is 0 Å². The van der Waals surface area contributed by atoms with E-state index in [1.807, 2.05) is 6.92 Å². The summed E-state index contributed by atoms with van der Waals surface area (Å²) < 4.78 is 28.6. The number of nitrogens with two attached hydrogens (primary N) is 1. The number of anilines is 1. The van der Waals surface area contributed by atoms with Crippen molar-refractivity contribution in [2.24, 2.45) is 0 Å². The Bertz CT molecular complexity index is 690. The summed E-state index contributed by atoms with van der Waals surface area (Å²) in [6, 6.07) is 7.04. The maximum absolute atomic E-state index is 12.1. The molecule has 0 aliphatic rings. The molecular formula is C13H18N4O2S. The molecule has 2 rings (SSSR count). The van der Waals surface area contributed by atoms with E-state index in [1.54, 1.807) is 42.0 Å². The van der Waals surface area contributed by atoms with E-state index in [0.717, 1.165) is 5.56 Å². The molecular weight excluding hydrogens is 276 g/mol. The lowest BCUT2D eigenvalue weighted by Gasteiger charge is -2.04. The monoisotopic (exact) mass is 294 g/mol. The van der Waals surface area contributed by atoms with Crippen LogP contribution >= 0.6 is 0 Å². The Kier molecular flexibility index (Phi) is 4.10. The van der Waals surface area contributed by atoms with Crippen molar-refractivity contribution < 1.29 is 8.42 Å². The molecule has 20 heavy (non-hydrogen) atoms. The Morgan fingerprint density at radius 2 is 1.95 bits per heavy atom. The van der Waals surface area contributed by atoms with Gasteiger partial charge in [0.1, 0.15) is 5.82 Å². The molecule has 108 valence electrons. The molecule has 0 atom stereocenters. The third-order valence-electron chi connectivity index (χ3n) is 3.02. The van der Waals surface area contributed by atoms with E-state index in [4.69, 9.17) is 5.73 Å². The number of aryl methyl sites for hydroxylation is 2. The van der Waals surface area contributed by atoms with E-state index in [9.17, 15) is 8.42 Å². The van der Waals surface area contributed by atoms with Gasteiger partial charge in [0.2, 0.25) is 0 Å². The van der Waals surface area contributed by atoms with Gasteiger partial charge < -0.3 is 10.3 Å². The van der Waals surface area contributed by atoms with Gasteiger partial charge in [-0.2, -0.15) is 0 Å². The minimum absolute atomic E-state index is 0.0484. The van der Waals surface area contributed by atoms with E-state index < -0.39 is 10.0 Å². The molecule has 1 aromatic heterocycles. The van der Waals surface area contributed by atoms with E-state index in [-0.39, 0.29) is 11.6 Å². The first-order valence-electron chi connectivity index (χ1n) is 6.30. The van der Waals surface area contributed by atoms with E-state index >= 15 is 0 Å². The minimum Gasteiger partial charge on any atom is -0.399 e. The molecule has 0 saturated carbocycles. The van der Waals surface area contributed by atoms with E-state index in [0.29, 0.717) is 18.1 Å². The van der Waals surface area contributed by atoms with Crippen molar-refractivity contribution in [2.45, 2.75) is 32.0 Å². The van der Waals surface area contributed by atoms with Gasteiger partial charge in [0.05, 0.1) is 0 Å². The van der Waals surface area contributed by atoms with Crippen LogP contribution in [0, 0.1) is 6.92 Å². The van der Waals surface area contributed by atoms with Crippen LogP contribution in [-0.4, -0.2) is 18.0 Å². The fourth-order valence-corrected chi connectivity index (χ4v) is 2.84. The second-order valence-corrected chi connectivity index (χ2v) is 6.19. The molecule has 1 aromatic carbocycles. The normalized spacial score (nSPS) is 11.7. The lowest BCUT2D eigenvalue weighted by Crippen LogP contribution is -2.23. The Morgan fingerprint density at radius 3 is 2.50 bits per heavy atom. The predicted molar refractivity (Wildman–Crippen MR) is 77.5 cm³/mol. The molecule has 0 aliphatic heterocycles. The van der Waals surface area contributed by atoms with Gasteiger partial charge in [-0.05, 0) is 31.5 Å². The number of hydrogen-bond donors (Lipinski definition) is 2. The number of nitrogens with one attached hydrogen (secondary N) is 1. The fraction of sp³-hybridized carbons (Fsp3) is 0.308. The van der Waals surface area contributed by atoms with Crippen LogP contribution in [0.2, 0.25) is 0 Å². The summed E-state index contributed by atoms with van der Waals surface area (Å²) in [5.41, 5.74) is 7.07. The van der Waals surface area contributed by atoms with Crippen molar-refractivity contribution in [1.29, 1.82) is 0 Å². The molecule has 0 fully saturated rings. The first-order valence-corrected chi connectivity index (χ1v) is 7.78. The van der Waals surface area contributed by atoms with Gasteiger partial charge >= 0.3 is 0 Å². The molecule has 1 heterocycles. The van der Waals surface area contributed by atoms with Crippen molar-refractivity contribution in [3.05, 3.63) is 41.9 Å². The first kappa shape index (κ1) is 14.5. The van der Waals surface area contributed by atoms with Crippen LogP contribution in [0.25, 0.3) is 0 Å². The first-order chi connectivity index (χ1) is 9.42. The maximum Gasteiger partial charge on any atom is 0.259 e. The van der Waals surface area contributed by atoms with Crippen LogP contribution in [0.3, 0.4) is 0 Å². The third kappa shape index (κ3) is 3.17. The molecule has 0 amide bonds. The highest BCUT2D eigenvalue weighted by Crippen LogP contribution is 2.11. The Balaban J connectivity index is 2.12. The van der Waals surface area contributed by atoms with Gasteiger partial charge in [-0.15, -0.1) is 0 Å². The average molecular weight is 294 g/mol. The molecule has 0 radical (unpaired) electrons. The van der Waals surface area contributed by atoms with Crippen molar-refractivity contribution in [3.63, 3.8) is 0 Å². The number of sulfonamides is 1. The standard InChI is InChI=1S/C13H18N4O2S/c1-3-17-9-13(16-10(17)2)20(18,19)15-8-11-4-6-12(14)7-5-11/h4-7,9,15H,3,8,14H2,1-2H3. The highest BCUT2D eigenvalue weighted by atomic mass is 32.2. The third-order valence-corrected chi connectivity index (χ3v) is 4.29. The number of aromatic nitrogens is 2. The number of benzene rings is 1. The van der Waals surface area contributed by atoms with Gasteiger partial charge in [0, 0.05) is 25.0 Å². The van der Waals surface area contributed by atoms with E-state index in [2.05, 4.69) is 9.71 Å². The number of rotatable bonds is 5. The maximum atomic E-state index is 12.1. The highest BCUT2D eigenvalue weighted by molar-refractivity contribution is 7.89. The molecule has 7 heteroatoms. The average Bonchev–Trinajstić information content (AvgIpc) is 2.80. The fourth-order valence-electron chi connectivity index (χ4n) is 1.82. The topological polar surface area (TPSA) is 90.0 Å². The van der Waals surface area contributed by atoms with Crippen LogP contribution in [-0.2, 0) is 23.1 Å². The van der Waals surface area contributed by atoms with Gasteiger partial charge in [-0.3, -0.25) is 0 Å². The lowest BCUT2D eigenvalue weighted by molar-refractivity contribution is 0.577. The van der Waals surface area contributed by atoms with Gasteiger partial charge in [-0.1, -0.05) is 12.1 Å². The zero-order chi connectivity index (χ0) is 14.8. The zero-order valence-electron chi connectivity index (χ0n) is 11.5. The molecule has 0 saturated heterocycles. The summed E-state index contributed by atoms with van der Waals surface area (Å²) in [7, 11) is -3.59. The SMILES string of the molecule is CCn1cc(S(=O)(=O)NCc2ccc(N)cc2)nc1C. The van der Waals surface area contributed by atoms with Crippen molar-refractivity contribution in [3.8, 4) is 0 Å². The number of imidazole rings is 1. The summed E-state index contributed by atoms with van der Waals surface area (Å²) in [5.74, 6) is 0.681. The number of nitrogen functional groups attached to an aromatic ring is 1. The summed E-state index contributed by atoms with van der Waals surface area (Å²) in [6.07, 6.45) is 1.54. The Hall–Kier alpha value is -1.86. The number of nitrogens with zero attached hydrogens (tertiary/aromatic N) is 2. The second kappa shape index (κ2) is 5.64. The smallest absolute Gasteiger partial charge is 0.259 e. The summed E-state index contributed by atoms with van der Waals surface area (Å²) >= 11 is 0. The van der Waals surface area contributed by atoms with E-state index in [1.165, 1.54) is 0 Å². The van der Waals surface area contributed by atoms with Crippen LogP contribution in [0.15, 0.2) is 35.5 Å². The zero-order valence-corrected chi connectivity index (χ0v) is 12.3. The van der Waals surface area contributed by atoms with Gasteiger partial charge in [0.25, 0.3) is 10.0 Å². The second-order valence-electron chi connectivity index (χ2n) is 4.48. The van der Waals surface area contributed by atoms with Crippen molar-refractivity contribution in [2.75, 3.05) is 5.73 Å². The Morgan fingerprint density at radius 1 is 1.30 bits per heavy atom. The highest BCUT2D eigenvalue weighted by Gasteiger charge is 2.18. The largest absolute Gasteiger partial charge is 0.399 e. The summed E-state index contributed by atoms with van der Waals surface area (Å²) in [4.78, 5) is 4.07. The lowest BCUT2D eigenvalue weighted by atomic mass is 10.2. The van der Waals surface area contributed by atoms with Gasteiger partial charge in [-0.25, -0.2) is 18.1 Å². The molecule has 0 aliphatic carbocycles. The van der Waals surface area contributed by atoms with Crippen molar-refractivity contribution in [1.82, 2.24) is 14.3 Å². The molecule has 0 unspecified atom stereocenters. The predicted octanol–water partition coefficient (Wildman–Crippen LogP) is 1.27.